The summed E-state index contributed by atoms with van der Waals surface area (Å²) in [5.74, 6) is 1.23. The fourth-order valence-electron chi connectivity index (χ4n) is 9.50. The number of pyridine rings is 1. The average Bonchev–Trinajstić information content (AvgIpc) is 3.97. The molecule has 6 aromatic heterocycles. The molecule has 5 aromatic carbocycles. The average molecular weight is 841 g/mol. The third-order valence-electron chi connectivity index (χ3n) is 13.3. The van der Waals surface area contributed by atoms with Gasteiger partial charge in [0.15, 0.2) is 11.2 Å². The highest BCUT2D eigenvalue weighted by atomic mass is 16.4. The number of hydrogen-bond acceptors (Lipinski definition) is 6. The normalized spacial score (nSPS) is 13.3. The van der Waals surface area contributed by atoms with Crippen LogP contribution < -0.4 is 0 Å². The van der Waals surface area contributed by atoms with Crippen molar-refractivity contribution in [3.8, 4) is 17.8 Å². The molecule has 11 rings (SSSR count). The zero-order valence-corrected chi connectivity index (χ0v) is 38.7. The molecule has 8 nitrogen and oxygen atoms in total. The predicted molar refractivity (Wildman–Crippen MR) is 263 cm³/mol. The van der Waals surface area contributed by atoms with E-state index in [-0.39, 0.29) is 21.7 Å². The molecule has 0 fully saturated rings. The molecule has 0 N–H and O–H groups in total. The van der Waals surface area contributed by atoms with Gasteiger partial charge in [-0.25, -0.2) is 4.98 Å². The minimum Gasteiger partial charge on any atom is -0.436 e. The van der Waals surface area contributed by atoms with Crippen LogP contribution in [0.5, 0.6) is 0 Å². The molecule has 0 saturated carbocycles. The summed E-state index contributed by atoms with van der Waals surface area (Å²) in [5, 5.41) is 18.5. The molecule has 0 atom stereocenters. The van der Waals surface area contributed by atoms with Crippen LogP contribution in [0.15, 0.2) is 106 Å². The van der Waals surface area contributed by atoms with E-state index >= 15 is 0 Å². The second-order valence-corrected chi connectivity index (χ2v) is 21.8. The molecule has 0 aliphatic carbocycles. The first kappa shape index (κ1) is 39.8. The fraction of sp³-hybridized carbons (Fsp3) is 0.286. The molecule has 0 aliphatic rings. The Morgan fingerprint density at radius 2 is 0.844 bits per heavy atom. The molecule has 64 heavy (non-hydrogen) atoms. The third kappa shape index (κ3) is 5.90. The van der Waals surface area contributed by atoms with E-state index in [1.165, 1.54) is 33.0 Å². The zero-order valence-electron chi connectivity index (χ0n) is 38.7. The Kier molecular flexibility index (Phi) is 8.12. The maximum Gasteiger partial charge on any atom is 0.237 e. The first-order valence-corrected chi connectivity index (χ1v) is 22.2. The van der Waals surface area contributed by atoms with Crippen LogP contribution in [0.1, 0.15) is 111 Å². The van der Waals surface area contributed by atoms with E-state index in [0.29, 0.717) is 34.1 Å². The van der Waals surface area contributed by atoms with Gasteiger partial charge in [0.2, 0.25) is 17.4 Å². The lowest BCUT2D eigenvalue weighted by Crippen LogP contribution is -2.10. The molecule has 6 heterocycles. The van der Waals surface area contributed by atoms with Crippen molar-refractivity contribution >= 4 is 87.7 Å². The minimum absolute atomic E-state index is 0.00701. The summed E-state index contributed by atoms with van der Waals surface area (Å²) in [6.07, 6.45) is 1.82. The first-order valence-electron chi connectivity index (χ1n) is 22.2. The molecular weight excluding hydrogens is 789 g/mol. The smallest absolute Gasteiger partial charge is 0.237 e. The quantitative estimate of drug-likeness (QED) is 0.172. The standard InChI is InChI=1S/C56H52N6O2/c1-53(2,3)30-13-18-43-35(23-30)36-24-31(54(4,5)6)14-19-44(36)61(43)47-22-17-34-39-27-40-42-29-58-52(60-51(42)64-49(40)41(28-57)48(39)63-50(34)59-47)62-45-20-15-32(55(7,8)9)25-37(45)38-26-33(56(10,11)12)16-21-46(38)62/h13-27,29H,1-12H3. The van der Waals surface area contributed by atoms with Gasteiger partial charge < -0.3 is 8.83 Å². The molecular formula is C56H52N6O2. The lowest BCUT2D eigenvalue weighted by atomic mass is 9.85. The highest BCUT2D eigenvalue weighted by molar-refractivity contribution is 6.17. The van der Waals surface area contributed by atoms with Crippen LogP contribution in [-0.4, -0.2) is 24.1 Å². The molecule has 0 spiro atoms. The fourth-order valence-corrected chi connectivity index (χ4v) is 9.50. The molecule has 0 bridgehead atoms. The number of rotatable bonds is 2. The monoisotopic (exact) mass is 840 g/mol. The summed E-state index contributed by atoms with van der Waals surface area (Å²) in [6, 6.07) is 35.5. The Labute approximate surface area is 372 Å². The van der Waals surface area contributed by atoms with Gasteiger partial charge in [-0.15, -0.1) is 0 Å². The molecule has 8 heteroatoms. The highest BCUT2D eigenvalue weighted by Gasteiger charge is 2.26. The Hall–Kier alpha value is -6.98. The van der Waals surface area contributed by atoms with Crippen LogP contribution in [0.25, 0.3) is 99.5 Å². The van der Waals surface area contributed by atoms with Gasteiger partial charge in [0.1, 0.15) is 17.5 Å². The van der Waals surface area contributed by atoms with Crippen LogP contribution in [0.2, 0.25) is 0 Å². The third-order valence-corrected chi connectivity index (χ3v) is 13.3. The molecule has 0 saturated heterocycles. The summed E-state index contributed by atoms with van der Waals surface area (Å²) in [7, 11) is 0. The number of nitriles is 1. The maximum atomic E-state index is 10.8. The SMILES string of the molecule is CC(C)(C)c1ccc2c(c1)c1cc(C(C)(C)C)ccc1n2-c1ccc2c(n1)oc1c(C#N)c3oc4nc(-n5c6ccc(C(C)(C)C)cc6c6cc(C(C)(C)C)ccc65)ncc4c3cc12. The maximum absolute atomic E-state index is 10.8. The van der Waals surface area contributed by atoms with Gasteiger partial charge in [-0.3, -0.25) is 9.13 Å². The van der Waals surface area contributed by atoms with Crippen molar-refractivity contribution in [1.82, 2.24) is 24.1 Å². The van der Waals surface area contributed by atoms with Crippen molar-refractivity contribution in [2.24, 2.45) is 0 Å². The summed E-state index contributed by atoms with van der Waals surface area (Å²) >= 11 is 0. The largest absolute Gasteiger partial charge is 0.436 e. The lowest BCUT2D eigenvalue weighted by Gasteiger charge is -2.19. The van der Waals surface area contributed by atoms with Crippen molar-refractivity contribution in [2.45, 2.75) is 105 Å². The topological polar surface area (TPSA) is 98.6 Å². The number of fused-ring (bicyclic) bond motifs is 12. The van der Waals surface area contributed by atoms with Gasteiger partial charge >= 0.3 is 0 Å². The van der Waals surface area contributed by atoms with Crippen LogP contribution in [0.4, 0.5) is 0 Å². The van der Waals surface area contributed by atoms with Crippen LogP contribution in [0, 0.1) is 11.3 Å². The predicted octanol–water partition coefficient (Wildman–Crippen LogP) is 14.9. The summed E-state index contributed by atoms with van der Waals surface area (Å²) in [4.78, 5) is 15.2. The number of aromatic nitrogens is 5. The zero-order chi connectivity index (χ0) is 45.0. The lowest BCUT2D eigenvalue weighted by molar-refractivity contribution is 0.590. The van der Waals surface area contributed by atoms with Gasteiger partial charge in [0.25, 0.3) is 0 Å². The van der Waals surface area contributed by atoms with E-state index in [1.807, 2.05) is 18.3 Å². The Morgan fingerprint density at radius 3 is 1.27 bits per heavy atom. The summed E-state index contributed by atoms with van der Waals surface area (Å²) in [6.45, 7) is 27.0. The number of benzene rings is 5. The van der Waals surface area contributed by atoms with E-state index in [9.17, 15) is 5.26 Å². The van der Waals surface area contributed by atoms with Crippen molar-refractivity contribution in [3.05, 3.63) is 125 Å². The van der Waals surface area contributed by atoms with Crippen molar-refractivity contribution in [2.75, 3.05) is 0 Å². The van der Waals surface area contributed by atoms with Gasteiger partial charge in [0, 0.05) is 43.9 Å². The molecule has 0 unspecified atom stereocenters. The van der Waals surface area contributed by atoms with E-state index < -0.39 is 0 Å². The van der Waals surface area contributed by atoms with E-state index in [1.54, 1.807) is 0 Å². The van der Waals surface area contributed by atoms with Crippen molar-refractivity contribution in [3.63, 3.8) is 0 Å². The van der Waals surface area contributed by atoms with Gasteiger partial charge in [-0.1, -0.05) is 107 Å². The van der Waals surface area contributed by atoms with Crippen LogP contribution in [-0.2, 0) is 21.7 Å². The van der Waals surface area contributed by atoms with Crippen molar-refractivity contribution in [1.29, 1.82) is 5.26 Å². The highest BCUT2D eigenvalue weighted by Crippen LogP contribution is 2.43. The molecule has 318 valence electrons. The Morgan fingerprint density at radius 1 is 0.438 bits per heavy atom. The summed E-state index contributed by atoms with van der Waals surface area (Å²) < 4.78 is 17.5. The van der Waals surface area contributed by atoms with E-state index in [0.717, 1.165) is 60.2 Å². The van der Waals surface area contributed by atoms with E-state index in [4.69, 9.17) is 23.8 Å². The van der Waals surface area contributed by atoms with Gasteiger partial charge in [-0.2, -0.15) is 15.2 Å². The second-order valence-electron chi connectivity index (χ2n) is 21.8. The van der Waals surface area contributed by atoms with Crippen LogP contribution in [0.3, 0.4) is 0 Å². The molecule has 0 radical (unpaired) electrons. The first-order chi connectivity index (χ1) is 30.2. The van der Waals surface area contributed by atoms with E-state index in [2.05, 4.69) is 177 Å². The number of nitrogens with zero attached hydrogens (tertiary/aromatic N) is 6. The number of furan rings is 2. The molecule has 11 aromatic rings. The van der Waals surface area contributed by atoms with Gasteiger partial charge in [-0.05, 0) is 111 Å². The second kappa shape index (κ2) is 13.0. The molecule has 0 amide bonds. The minimum atomic E-state index is -0.0187. The summed E-state index contributed by atoms with van der Waals surface area (Å²) in [5.41, 5.74) is 11.2. The van der Waals surface area contributed by atoms with Gasteiger partial charge in [0.05, 0.1) is 27.5 Å². The molecule has 0 aliphatic heterocycles. The van der Waals surface area contributed by atoms with Crippen molar-refractivity contribution < 1.29 is 8.83 Å². The Bertz CT molecular complexity index is 3450. The number of hydrogen-bond donors (Lipinski definition) is 0. The van der Waals surface area contributed by atoms with Crippen LogP contribution >= 0.6 is 0 Å². The Balaban J connectivity index is 1.08.